The average Bonchev–Trinajstić information content (AvgIpc) is 3.15. The van der Waals surface area contributed by atoms with Crippen molar-refractivity contribution in [3.05, 3.63) is 64.9 Å². The highest BCUT2D eigenvalue weighted by Crippen LogP contribution is 2.27. The van der Waals surface area contributed by atoms with E-state index in [0.717, 1.165) is 28.3 Å². The quantitative estimate of drug-likeness (QED) is 0.699. The maximum Gasteiger partial charge on any atom is 0.251 e. The lowest BCUT2D eigenvalue weighted by Gasteiger charge is -2.07. The van der Waals surface area contributed by atoms with Gasteiger partial charge in [0.15, 0.2) is 0 Å². The van der Waals surface area contributed by atoms with E-state index < -0.39 is 5.91 Å². The summed E-state index contributed by atoms with van der Waals surface area (Å²) in [6.45, 7) is 5.95. The zero-order chi connectivity index (χ0) is 19.6. The van der Waals surface area contributed by atoms with Gasteiger partial charge in [-0.1, -0.05) is 12.1 Å². The van der Waals surface area contributed by atoms with E-state index in [9.17, 15) is 9.59 Å². The van der Waals surface area contributed by atoms with Crippen LogP contribution in [0.25, 0.3) is 11.1 Å². The van der Waals surface area contributed by atoms with Crippen LogP contribution in [0.5, 0.6) is 0 Å². The fourth-order valence-electron chi connectivity index (χ4n) is 3.08. The van der Waals surface area contributed by atoms with Crippen LogP contribution in [0.4, 0.5) is 0 Å². The van der Waals surface area contributed by atoms with Crippen molar-refractivity contribution in [2.75, 3.05) is 0 Å². The van der Waals surface area contributed by atoms with E-state index in [4.69, 9.17) is 10.2 Å². The van der Waals surface area contributed by atoms with Crippen molar-refractivity contribution < 1.29 is 14.0 Å². The highest BCUT2D eigenvalue weighted by atomic mass is 16.3. The normalized spacial score (nSPS) is 10.8. The van der Waals surface area contributed by atoms with E-state index in [1.165, 1.54) is 0 Å². The number of carbonyl (C=O) groups is 2. The molecule has 0 aliphatic heterocycles. The maximum absolute atomic E-state index is 12.5. The first-order valence-corrected chi connectivity index (χ1v) is 8.61. The molecule has 27 heavy (non-hydrogen) atoms. The molecule has 0 saturated heterocycles. The van der Waals surface area contributed by atoms with Crippen LogP contribution in [-0.2, 0) is 17.9 Å². The molecule has 2 aromatic heterocycles. The van der Waals surface area contributed by atoms with Crippen LogP contribution in [0.1, 0.15) is 33.3 Å². The van der Waals surface area contributed by atoms with Crippen molar-refractivity contribution >= 4 is 11.8 Å². The molecule has 0 aliphatic rings. The third-order valence-electron chi connectivity index (χ3n) is 4.32. The van der Waals surface area contributed by atoms with Gasteiger partial charge in [0.25, 0.3) is 5.91 Å². The Morgan fingerprint density at radius 3 is 2.63 bits per heavy atom. The number of nitrogens with two attached hydrogens (primary N) is 1. The molecule has 0 radical (unpaired) electrons. The number of carbonyl (C=O) groups excluding carboxylic acids is 2. The number of rotatable bonds is 6. The van der Waals surface area contributed by atoms with Gasteiger partial charge in [0, 0.05) is 16.8 Å². The van der Waals surface area contributed by atoms with Crippen molar-refractivity contribution in [2.24, 2.45) is 5.73 Å². The third-order valence-corrected chi connectivity index (χ3v) is 4.32. The second kappa shape index (κ2) is 7.49. The molecule has 0 unspecified atom stereocenters. The summed E-state index contributed by atoms with van der Waals surface area (Å²) in [6.07, 6.45) is 0. The number of furan rings is 1. The van der Waals surface area contributed by atoms with Gasteiger partial charge < -0.3 is 15.5 Å². The van der Waals surface area contributed by atoms with Gasteiger partial charge in [0.05, 0.1) is 12.2 Å². The Morgan fingerprint density at radius 2 is 1.96 bits per heavy atom. The molecular formula is C20H22N4O3. The fraction of sp³-hybridized carbons (Fsp3) is 0.250. The van der Waals surface area contributed by atoms with Crippen molar-refractivity contribution in [2.45, 2.75) is 33.9 Å². The summed E-state index contributed by atoms with van der Waals surface area (Å²) in [4.78, 5) is 23.7. The smallest absolute Gasteiger partial charge is 0.251 e. The zero-order valence-electron chi connectivity index (χ0n) is 15.6. The largest absolute Gasteiger partial charge is 0.465 e. The number of benzene rings is 1. The minimum atomic E-state index is -0.451. The van der Waals surface area contributed by atoms with Crippen LogP contribution in [-0.4, -0.2) is 21.6 Å². The molecule has 3 rings (SSSR count). The molecular weight excluding hydrogens is 344 g/mol. The molecule has 2 heterocycles. The summed E-state index contributed by atoms with van der Waals surface area (Å²) in [7, 11) is 0. The van der Waals surface area contributed by atoms with E-state index in [-0.39, 0.29) is 12.5 Å². The number of hydrogen-bond donors (Lipinski definition) is 2. The number of amides is 2. The Labute approximate surface area is 157 Å². The lowest BCUT2D eigenvalue weighted by atomic mass is 10.0. The summed E-state index contributed by atoms with van der Waals surface area (Å²) < 4.78 is 7.05. The van der Waals surface area contributed by atoms with Gasteiger partial charge in [-0.05, 0) is 50.6 Å². The Kier molecular flexibility index (Phi) is 5.12. The molecule has 0 atom stereocenters. The van der Waals surface area contributed by atoms with Crippen LogP contribution in [0.2, 0.25) is 0 Å². The van der Waals surface area contributed by atoms with Crippen molar-refractivity contribution in [1.29, 1.82) is 0 Å². The van der Waals surface area contributed by atoms with Gasteiger partial charge >= 0.3 is 0 Å². The summed E-state index contributed by atoms with van der Waals surface area (Å²) in [6, 6.07) is 11.0. The van der Waals surface area contributed by atoms with Crippen molar-refractivity contribution in [3.63, 3.8) is 0 Å². The van der Waals surface area contributed by atoms with E-state index in [1.54, 1.807) is 10.7 Å². The van der Waals surface area contributed by atoms with Crippen LogP contribution >= 0.6 is 0 Å². The highest BCUT2D eigenvalue weighted by molar-refractivity contribution is 5.95. The van der Waals surface area contributed by atoms with Gasteiger partial charge in [-0.15, -0.1) is 0 Å². The molecule has 3 aromatic rings. The third kappa shape index (κ3) is 4.08. The number of nitrogens with one attached hydrogen (secondary N) is 1. The first-order valence-electron chi connectivity index (χ1n) is 8.61. The molecule has 0 bridgehead atoms. The van der Waals surface area contributed by atoms with E-state index >= 15 is 0 Å². The number of nitrogens with zero attached hydrogens (tertiary/aromatic N) is 2. The second-order valence-corrected chi connectivity index (χ2v) is 6.45. The number of hydrogen-bond acceptors (Lipinski definition) is 4. The summed E-state index contributed by atoms with van der Waals surface area (Å²) in [5, 5.41) is 7.24. The first-order chi connectivity index (χ1) is 12.8. The molecule has 140 valence electrons. The van der Waals surface area contributed by atoms with Crippen LogP contribution < -0.4 is 11.1 Å². The predicted octanol–water partition coefficient (Wildman–Crippen LogP) is 2.48. The minimum Gasteiger partial charge on any atom is -0.465 e. The lowest BCUT2D eigenvalue weighted by molar-refractivity contribution is -0.118. The summed E-state index contributed by atoms with van der Waals surface area (Å²) in [5.74, 6) is 0.871. The molecule has 1 aromatic carbocycles. The zero-order valence-corrected chi connectivity index (χ0v) is 15.6. The molecule has 2 amide bonds. The van der Waals surface area contributed by atoms with Crippen LogP contribution in [0.3, 0.4) is 0 Å². The number of aryl methyl sites for hydroxylation is 2. The van der Waals surface area contributed by atoms with Gasteiger partial charge in [0.1, 0.15) is 18.1 Å². The van der Waals surface area contributed by atoms with Crippen molar-refractivity contribution in [1.82, 2.24) is 15.1 Å². The van der Waals surface area contributed by atoms with Gasteiger partial charge in [0.2, 0.25) is 5.91 Å². The number of aromatic nitrogens is 2. The van der Waals surface area contributed by atoms with Crippen LogP contribution in [0.15, 0.2) is 40.8 Å². The second-order valence-electron chi connectivity index (χ2n) is 6.45. The lowest BCUT2D eigenvalue weighted by Crippen LogP contribution is -2.22. The monoisotopic (exact) mass is 366 g/mol. The Hall–Kier alpha value is -3.35. The first kappa shape index (κ1) is 18.4. The minimum absolute atomic E-state index is 0.0232. The SMILES string of the molecule is Cc1ccc(CNC(=O)c2cccc(-c3c(C)nn(CC(N)=O)c3C)c2)o1. The van der Waals surface area contributed by atoms with Gasteiger partial charge in [-0.3, -0.25) is 14.3 Å². The Morgan fingerprint density at radius 1 is 1.19 bits per heavy atom. The van der Waals surface area contributed by atoms with Gasteiger partial charge in [-0.25, -0.2) is 0 Å². The summed E-state index contributed by atoms with van der Waals surface area (Å²) in [5.41, 5.74) is 9.18. The molecule has 0 saturated carbocycles. The van der Waals surface area contributed by atoms with E-state index in [0.29, 0.717) is 17.9 Å². The number of primary amides is 1. The van der Waals surface area contributed by atoms with Crippen molar-refractivity contribution in [3.8, 4) is 11.1 Å². The molecule has 7 nitrogen and oxygen atoms in total. The molecule has 0 fully saturated rings. The predicted molar refractivity (Wildman–Crippen MR) is 101 cm³/mol. The van der Waals surface area contributed by atoms with E-state index in [2.05, 4.69) is 10.4 Å². The Balaban J connectivity index is 1.82. The maximum atomic E-state index is 12.5. The summed E-state index contributed by atoms with van der Waals surface area (Å²) >= 11 is 0. The molecule has 3 N–H and O–H groups in total. The molecule has 7 heteroatoms. The Bertz CT molecular complexity index is 1000. The fourth-order valence-corrected chi connectivity index (χ4v) is 3.08. The highest BCUT2D eigenvalue weighted by Gasteiger charge is 2.16. The van der Waals surface area contributed by atoms with Crippen LogP contribution in [0, 0.1) is 20.8 Å². The standard InChI is InChI=1S/C20H22N4O3/c1-12-7-8-17(27-12)10-22-20(26)16-6-4-5-15(9-16)19-13(2)23-24(14(19)3)11-18(21)25/h4-9H,10-11H2,1-3H3,(H2,21,25)(H,22,26). The molecule has 0 aliphatic carbocycles. The average molecular weight is 366 g/mol. The molecule has 0 spiro atoms. The van der Waals surface area contributed by atoms with Gasteiger partial charge in [-0.2, -0.15) is 5.10 Å². The van der Waals surface area contributed by atoms with E-state index in [1.807, 2.05) is 51.1 Å². The topological polar surface area (TPSA) is 103 Å².